The van der Waals surface area contributed by atoms with E-state index >= 15 is 0 Å². The van der Waals surface area contributed by atoms with E-state index in [9.17, 15) is 0 Å². The van der Waals surface area contributed by atoms with Gasteiger partial charge in [0.25, 0.3) is 0 Å². The average Bonchev–Trinajstić information content (AvgIpc) is 2.30. The van der Waals surface area contributed by atoms with Gasteiger partial charge in [-0.1, -0.05) is 32.8 Å². The van der Waals surface area contributed by atoms with Crippen LogP contribution in [0.3, 0.4) is 0 Å². The smallest absolute Gasteiger partial charge is 0.0320 e. The van der Waals surface area contributed by atoms with Crippen molar-refractivity contribution in [3.8, 4) is 0 Å². The zero-order valence-electron chi connectivity index (χ0n) is 11.5. The fourth-order valence-corrected chi connectivity index (χ4v) is 2.55. The molecule has 0 aliphatic heterocycles. The molecule has 0 spiro atoms. The molecule has 1 unspecified atom stereocenters. The Balaban J connectivity index is 2.29. The zero-order valence-corrected chi connectivity index (χ0v) is 14.6. The standard InChI is InChI=1S/C15H23Br2N/c1-11(2)5-4-6-12(3)18-10-13-7-8-14(16)15(17)9-13/h7-9,11-12,18H,4-6,10H2,1-3H3. The molecule has 1 aromatic carbocycles. The molecule has 0 aromatic heterocycles. The van der Waals surface area contributed by atoms with Gasteiger partial charge in [0.15, 0.2) is 0 Å². The Hall–Kier alpha value is 0.140. The van der Waals surface area contributed by atoms with Crippen molar-refractivity contribution in [2.75, 3.05) is 0 Å². The second-order valence-corrected chi connectivity index (χ2v) is 7.06. The minimum atomic E-state index is 0.589. The average molecular weight is 377 g/mol. The minimum absolute atomic E-state index is 0.589. The first-order valence-corrected chi connectivity index (χ1v) is 8.25. The molecule has 0 saturated heterocycles. The molecule has 1 aromatic rings. The maximum Gasteiger partial charge on any atom is 0.0320 e. The van der Waals surface area contributed by atoms with E-state index in [4.69, 9.17) is 0 Å². The molecule has 3 heteroatoms. The third-order valence-electron chi connectivity index (χ3n) is 3.06. The summed E-state index contributed by atoms with van der Waals surface area (Å²) in [6.45, 7) is 7.79. The monoisotopic (exact) mass is 375 g/mol. The van der Waals surface area contributed by atoms with Crippen LogP contribution in [0.4, 0.5) is 0 Å². The van der Waals surface area contributed by atoms with Gasteiger partial charge in [0.05, 0.1) is 0 Å². The van der Waals surface area contributed by atoms with Crippen molar-refractivity contribution < 1.29 is 0 Å². The topological polar surface area (TPSA) is 12.0 Å². The van der Waals surface area contributed by atoms with Crippen molar-refractivity contribution in [1.82, 2.24) is 5.32 Å². The summed E-state index contributed by atoms with van der Waals surface area (Å²) in [5.41, 5.74) is 1.32. The number of hydrogen-bond donors (Lipinski definition) is 1. The number of halogens is 2. The van der Waals surface area contributed by atoms with E-state index in [0.717, 1.165) is 21.4 Å². The third-order valence-corrected chi connectivity index (χ3v) is 4.94. The van der Waals surface area contributed by atoms with Crippen molar-refractivity contribution in [1.29, 1.82) is 0 Å². The first-order chi connectivity index (χ1) is 8.49. The van der Waals surface area contributed by atoms with Gasteiger partial charge in [0, 0.05) is 21.5 Å². The second-order valence-electron chi connectivity index (χ2n) is 5.36. The van der Waals surface area contributed by atoms with Gasteiger partial charge >= 0.3 is 0 Å². The summed E-state index contributed by atoms with van der Waals surface area (Å²) in [5.74, 6) is 0.819. The lowest BCUT2D eigenvalue weighted by Crippen LogP contribution is -2.25. The van der Waals surface area contributed by atoms with Crippen molar-refractivity contribution in [2.24, 2.45) is 5.92 Å². The first-order valence-electron chi connectivity index (χ1n) is 6.66. The van der Waals surface area contributed by atoms with Crippen LogP contribution in [0.5, 0.6) is 0 Å². The highest BCUT2D eigenvalue weighted by atomic mass is 79.9. The van der Waals surface area contributed by atoms with Crippen LogP contribution < -0.4 is 5.32 Å². The second kappa shape index (κ2) is 8.34. The van der Waals surface area contributed by atoms with Gasteiger partial charge in [0.1, 0.15) is 0 Å². The van der Waals surface area contributed by atoms with Gasteiger partial charge in [0.2, 0.25) is 0 Å². The molecular weight excluding hydrogens is 354 g/mol. The lowest BCUT2D eigenvalue weighted by molar-refractivity contribution is 0.457. The Morgan fingerprint density at radius 3 is 2.39 bits per heavy atom. The highest BCUT2D eigenvalue weighted by Gasteiger charge is 2.04. The molecule has 0 radical (unpaired) electrons. The molecule has 0 aliphatic rings. The molecule has 0 heterocycles. The van der Waals surface area contributed by atoms with Crippen molar-refractivity contribution in [3.05, 3.63) is 32.7 Å². The van der Waals surface area contributed by atoms with Crippen LogP contribution in [0.2, 0.25) is 0 Å². The predicted octanol–water partition coefficient (Wildman–Crippen LogP) is 5.52. The lowest BCUT2D eigenvalue weighted by Gasteiger charge is -2.14. The van der Waals surface area contributed by atoms with E-state index in [1.54, 1.807) is 0 Å². The van der Waals surface area contributed by atoms with E-state index in [-0.39, 0.29) is 0 Å². The molecule has 1 rings (SSSR count). The van der Waals surface area contributed by atoms with E-state index in [2.05, 4.69) is 76.1 Å². The molecular formula is C15H23Br2N. The summed E-state index contributed by atoms with van der Waals surface area (Å²) >= 11 is 7.03. The molecule has 1 atom stereocenters. The predicted molar refractivity (Wildman–Crippen MR) is 86.8 cm³/mol. The maximum absolute atomic E-state index is 3.58. The van der Waals surface area contributed by atoms with E-state index < -0.39 is 0 Å². The minimum Gasteiger partial charge on any atom is -0.310 e. The van der Waals surface area contributed by atoms with E-state index in [1.807, 2.05) is 0 Å². The van der Waals surface area contributed by atoms with Crippen LogP contribution in [0.25, 0.3) is 0 Å². The van der Waals surface area contributed by atoms with E-state index in [0.29, 0.717) is 6.04 Å². The summed E-state index contributed by atoms with van der Waals surface area (Å²) in [6, 6.07) is 7.00. The van der Waals surface area contributed by atoms with E-state index in [1.165, 1.54) is 24.8 Å². The van der Waals surface area contributed by atoms with Crippen LogP contribution in [0, 0.1) is 5.92 Å². The fraction of sp³-hybridized carbons (Fsp3) is 0.600. The summed E-state index contributed by atoms with van der Waals surface area (Å²) in [5, 5.41) is 3.58. The lowest BCUT2D eigenvalue weighted by atomic mass is 10.0. The fourth-order valence-electron chi connectivity index (χ4n) is 1.88. The molecule has 0 amide bonds. The summed E-state index contributed by atoms with van der Waals surface area (Å²) in [7, 11) is 0. The van der Waals surface area contributed by atoms with Crippen LogP contribution in [-0.4, -0.2) is 6.04 Å². The van der Waals surface area contributed by atoms with Crippen molar-refractivity contribution in [3.63, 3.8) is 0 Å². The summed E-state index contributed by atoms with van der Waals surface area (Å²) < 4.78 is 2.23. The maximum atomic E-state index is 3.58. The van der Waals surface area contributed by atoms with Gasteiger partial charge in [-0.3, -0.25) is 0 Å². The largest absolute Gasteiger partial charge is 0.310 e. The Morgan fingerprint density at radius 2 is 1.78 bits per heavy atom. The van der Waals surface area contributed by atoms with Crippen molar-refractivity contribution >= 4 is 31.9 Å². The van der Waals surface area contributed by atoms with Crippen LogP contribution in [0.15, 0.2) is 27.1 Å². The number of hydrogen-bond acceptors (Lipinski definition) is 1. The van der Waals surface area contributed by atoms with Crippen molar-refractivity contribution in [2.45, 2.75) is 52.6 Å². The van der Waals surface area contributed by atoms with Gasteiger partial charge in [-0.25, -0.2) is 0 Å². The molecule has 18 heavy (non-hydrogen) atoms. The number of nitrogens with one attached hydrogen (secondary N) is 1. The Bertz CT molecular complexity index is 364. The number of rotatable bonds is 7. The normalized spacial score (nSPS) is 13.0. The molecule has 102 valence electrons. The van der Waals surface area contributed by atoms with Gasteiger partial charge in [-0.15, -0.1) is 0 Å². The highest BCUT2D eigenvalue weighted by molar-refractivity contribution is 9.13. The third kappa shape index (κ3) is 6.35. The Morgan fingerprint density at radius 1 is 1.06 bits per heavy atom. The van der Waals surface area contributed by atoms with Gasteiger partial charge in [-0.05, 0) is 68.8 Å². The quantitative estimate of drug-likeness (QED) is 0.660. The molecule has 0 aliphatic carbocycles. The SMILES string of the molecule is CC(C)CCCC(C)NCc1ccc(Br)c(Br)c1. The van der Waals surface area contributed by atoms with Crippen LogP contribution in [0.1, 0.15) is 45.6 Å². The zero-order chi connectivity index (χ0) is 13.5. The summed E-state index contributed by atoms with van der Waals surface area (Å²) in [4.78, 5) is 0. The molecule has 0 saturated carbocycles. The molecule has 1 nitrogen and oxygen atoms in total. The van der Waals surface area contributed by atoms with Crippen LogP contribution >= 0.6 is 31.9 Å². The summed E-state index contributed by atoms with van der Waals surface area (Å²) in [6.07, 6.45) is 3.90. The number of benzene rings is 1. The van der Waals surface area contributed by atoms with Crippen LogP contribution in [-0.2, 0) is 6.54 Å². The molecule has 0 bridgehead atoms. The molecule has 1 N–H and O–H groups in total. The van der Waals surface area contributed by atoms with Gasteiger partial charge < -0.3 is 5.32 Å². The molecule has 0 fully saturated rings. The first kappa shape index (κ1) is 16.2. The van der Waals surface area contributed by atoms with Gasteiger partial charge in [-0.2, -0.15) is 0 Å². The Kier molecular flexibility index (Phi) is 7.50. The Labute approximate surface area is 128 Å². The highest BCUT2D eigenvalue weighted by Crippen LogP contribution is 2.23.